The largest absolute Gasteiger partial charge is 0.330 e. The van der Waals surface area contributed by atoms with E-state index in [1.807, 2.05) is 47.4 Å². The van der Waals surface area contributed by atoms with Gasteiger partial charge in [0.1, 0.15) is 11.4 Å². The number of tetrazole rings is 1. The average Bonchev–Trinajstić information content (AvgIpc) is 3.87. The molecular formula is C45H39N7. The molecule has 3 aromatic heterocycles. The van der Waals surface area contributed by atoms with E-state index in [-0.39, 0.29) is 0 Å². The van der Waals surface area contributed by atoms with Gasteiger partial charge in [-0.25, -0.2) is 9.67 Å². The number of rotatable bonds is 12. The molecule has 254 valence electrons. The fourth-order valence-electron chi connectivity index (χ4n) is 7.19. The monoisotopic (exact) mass is 677 g/mol. The van der Waals surface area contributed by atoms with Gasteiger partial charge in [0.2, 0.25) is 0 Å². The molecule has 0 saturated heterocycles. The van der Waals surface area contributed by atoms with Gasteiger partial charge in [0.05, 0.1) is 5.69 Å². The average molecular weight is 678 g/mol. The van der Waals surface area contributed by atoms with Gasteiger partial charge in [-0.3, -0.25) is 4.98 Å². The molecule has 8 aromatic rings. The second-order valence-corrected chi connectivity index (χ2v) is 13.0. The highest BCUT2D eigenvalue weighted by Crippen LogP contribution is 2.43. The molecule has 0 fully saturated rings. The summed E-state index contributed by atoms with van der Waals surface area (Å²) in [6.45, 7) is 2.96. The van der Waals surface area contributed by atoms with Crippen LogP contribution in [0.15, 0.2) is 170 Å². The molecule has 0 saturated carbocycles. The van der Waals surface area contributed by atoms with E-state index in [4.69, 9.17) is 15.3 Å². The van der Waals surface area contributed by atoms with E-state index in [2.05, 4.69) is 149 Å². The Bertz CT molecular complexity index is 2250. The summed E-state index contributed by atoms with van der Waals surface area (Å²) in [7, 11) is 0. The lowest BCUT2D eigenvalue weighted by Crippen LogP contribution is -2.39. The number of benzene rings is 5. The first-order valence-corrected chi connectivity index (χ1v) is 17.9. The van der Waals surface area contributed by atoms with Crippen molar-refractivity contribution in [3.63, 3.8) is 0 Å². The van der Waals surface area contributed by atoms with E-state index < -0.39 is 5.54 Å². The molecule has 0 aliphatic carbocycles. The molecule has 0 radical (unpaired) electrons. The molecule has 7 nitrogen and oxygen atoms in total. The van der Waals surface area contributed by atoms with E-state index in [0.717, 1.165) is 76.3 Å². The van der Waals surface area contributed by atoms with E-state index in [1.54, 1.807) is 0 Å². The number of aryl methyl sites for hydroxylation is 1. The van der Waals surface area contributed by atoms with Crippen molar-refractivity contribution < 1.29 is 0 Å². The summed E-state index contributed by atoms with van der Waals surface area (Å²) >= 11 is 0. The van der Waals surface area contributed by atoms with Crippen molar-refractivity contribution in [1.29, 1.82) is 0 Å². The first-order chi connectivity index (χ1) is 25.8. The van der Waals surface area contributed by atoms with Crippen molar-refractivity contribution in [1.82, 2.24) is 34.7 Å². The minimum Gasteiger partial charge on any atom is -0.330 e. The van der Waals surface area contributed by atoms with Crippen LogP contribution < -0.4 is 0 Å². The molecule has 0 aliphatic heterocycles. The molecule has 52 heavy (non-hydrogen) atoms. The predicted octanol–water partition coefficient (Wildman–Crippen LogP) is 9.50. The summed E-state index contributed by atoms with van der Waals surface area (Å²) in [6, 6.07) is 52.8. The molecule has 5 aromatic carbocycles. The Morgan fingerprint density at radius 1 is 0.596 bits per heavy atom. The number of imidazole rings is 1. The Morgan fingerprint density at radius 2 is 1.17 bits per heavy atom. The summed E-state index contributed by atoms with van der Waals surface area (Å²) in [6.07, 6.45) is 8.97. The Hall–Kier alpha value is -6.47. The summed E-state index contributed by atoms with van der Waals surface area (Å²) in [5, 5.41) is 13.9. The molecule has 0 amide bonds. The van der Waals surface area contributed by atoms with Gasteiger partial charge < -0.3 is 4.57 Å². The number of hydrogen-bond donors (Lipinski definition) is 0. The van der Waals surface area contributed by atoms with Gasteiger partial charge in [-0.15, -0.1) is 5.10 Å². The quantitative estimate of drug-likeness (QED) is 0.121. The standard InChI is InChI=1S/C45H39N7/c1-2-3-23-43-47-42(36-28-30-46-31-29-36)33-51(43)32-34-24-26-35(27-25-34)40-21-13-14-22-41(40)44-48-49-50-52(44)45(37-15-7-4-8-16-37,38-17-9-5-10-18-38)39-19-11-6-12-20-39/h4-22,24-31,33H,2-3,23,32H2,1H3. The topological polar surface area (TPSA) is 74.3 Å². The van der Waals surface area contributed by atoms with Crippen LogP contribution in [0.1, 0.15) is 47.8 Å². The van der Waals surface area contributed by atoms with Crippen molar-refractivity contribution in [2.24, 2.45) is 0 Å². The van der Waals surface area contributed by atoms with E-state index >= 15 is 0 Å². The first-order valence-electron chi connectivity index (χ1n) is 17.9. The fraction of sp³-hybridized carbons (Fsp3) is 0.133. The Kier molecular flexibility index (Phi) is 9.31. The van der Waals surface area contributed by atoms with Crippen molar-refractivity contribution in [3.8, 4) is 33.8 Å². The highest BCUT2D eigenvalue weighted by molar-refractivity contribution is 5.81. The van der Waals surface area contributed by atoms with Crippen LogP contribution in [0, 0.1) is 0 Å². The zero-order valence-electron chi connectivity index (χ0n) is 29.1. The smallest absolute Gasteiger partial charge is 0.184 e. The van der Waals surface area contributed by atoms with E-state index in [1.165, 1.54) is 5.56 Å². The van der Waals surface area contributed by atoms with Crippen LogP contribution in [0.5, 0.6) is 0 Å². The van der Waals surface area contributed by atoms with Gasteiger partial charge in [-0.05, 0) is 62.4 Å². The lowest BCUT2D eigenvalue weighted by Gasteiger charge is -2.36. The van der Waals surface area contributed by atoms with Crippen LogP contribution in [0.4, 0.5) is 0 Å². The molecule has 7 heteroatoms. The lowest BCUT2D eigenvalue weighted by molar-refractivity contribution is 0.451. The molecule has 0 bridgehead atoms. The summed E-state index contributed by atoms with van der Waals surface area (Å²) in [4.78, 5) is 9.21. The Labute approximate surface area is 304 Å². The van der Waals surface area contributed by atoms with Crippen LogP contribution in [0.3, 0.4) is 0 Å². The van der Waals surface area contributed by atoms with E-state index in [9.17, 15) is 0 Å². The summed E-state index contributed by atoms with van der Waals surface area (Å²) in [5.74, 6) is 1.78. The second-order valence-electron chi connectivity index (χ2n) is 13.0. The summed E-state index contributed by atoms with van der Waals surface area (Å²) < 4.78 is 4.29. The maximum absolute atomic E-state index is 5.03. The van der Waals surface area contributed by atoms with Crippen molar-refractivity contribution in [2.45, 2.75) is 38.3 Å². The lowest BCUT2D eigenvalue weighted by atomic mass is 9.77. The van der Waals surface area contributed by atoms with Gasteiger partial charge in [0.15, 0.2) is 5.82 Å². The molecule has 0 spiro atoms. The zero-order chi connectivity index (χ0) is 35.2. The van der Waals surface area contributed by atoms with Crippen LogP contribution >= 0.6 is 0 Å². The summed E-state index contributed by atoms with van der Waals surface area (Å²) in [5.41, 5.74) is 8.71. The highest BCUT2D eigenvalue weighted by atomic mass is 15.6. The molecule has 0 atom stereocenters. The Morgan fingerprint density at radius 3 is 1.77 bits per heavy atom. The molecule has 0 unspecified atom stereocenters. The van der Waals surface area contributed by atoms with Gasteiger partial charge in [-0.1, -0.05) is 153 Å². The van der Waals surface area contributed by atoms with Crippen molar-refractivity contribution >= 4 is 0 Å². The third kappa shape index (κ3) is 6.22. The number of unbranched alkanes of at least 4 members (excludes halogenated alkanes) is 1. The second kappa shape index (κ2) is 14.8. The van der Waals surface area contributed by atoms with Crippen molar-refractivity contribution in [2.75, 3.05) is 0 Å². The molecule has 3 heterocycles. The van der Waals surface area contributed by atoms with Gasteiger partial charge in [0.25, 0.3) is 0 Å². The first kappa shape index (κ1) is 32.7. The minimum atomic E-state index is -0.838. The number of pyridine rings is 1. The molecule has 0 aliphatic rings. The normalized spacial score (nSPS) is 11.5. The van der Waals surface area contributed by atoms with E-state index in [0.29, 0.717) is 5.82 Å². The zero-order valence-corrected chi connectivity index (χ0v) is 29.1. The number of hydrogen-bond acceptors (Lipinski definition) is 5. The van der Waals surface area contributed by atoms with Gasteiger partial charge in [-0.2, -0.15) is 0 Å². The fourth-order valence-corrected chi connectivity index (χ4v) is 7.19. The molecule has 0 N–H and O–H groups in total. The predicted molar refractivity (Wildman–Crippen MR) is 206 cm³/mol. The Balaban J connectivity index is 1.20. The van der Waals surface area contributed by atoms with Crippen LogP contribution in [0.2, 0.25) is 0 Å². The highest BCUT2D eigenvalue weighted by Gasteiger charge is 2.42. The van der Waals surface area contributed by atoms with Crippen LogP contribution in [-0.4, -0.2) is 34.7 Å². The van der Waals surface area contributed by atoms with Crippen molar-refractivity contribution in [3.05, 3.63) is 198 Å². The maximum Gasteiger partial charge on any atom is 0.184 e. The molecular weight excluding hydrogens is 639 g/mol. The van der Waals surface area contributed by atoms with Crippen LogP contribution in [-0.2, 0) is 18.5 Å². The van der Waals surface area contributed by atoms with Gasteiger partial charge in [0, 0.05) is 42.7 Å². The number of aromatic nitrogens is 7. The third-order valence-corrected chi connectivity index (χ3v) is 9.74. The minimum absolute atomic E-state index is 0.679. The van der Waals surface area contributed by atoms with Gasteiger partial charge >= 0.3 is 0 Å². The maximum atomic E-state index is 5.03. The molecule has 8 rings (SSSR count). The third-order valence-electron chi connectivity index (χ3n) is 9.74. The van der Waals surface area contributed by atoms with Crippen LogP contribution in [0.25, 0.3) is 33.8 Å². The SMILES string of the molecule is CCCCc1nc(-c2ccncc2)cn1Cc1ccc(-c2ccccc2-c2nnnn2C(c2ccccc2)(c2ccccc2)c2ccccc2)cc1. The number of nitrogens with zero attached hydrogens (tertiary/aromatic N) is 7.